The first-order valence-electron chi connectivity index (χ1n) is 10.9. The number of alkyl halides is 3. The lowest BCUT2D eigenvalue weighted by atomic mass is 9.94. The van der Waals surface area contributed by atoms with E-state index in [1.807, 2.05) is 11.0 Å². The normalized spacial score (nSPS) is 21.7. The van der Waals surface area contributed by atoms with Gasteiger partial charge in [0.15, 0.2) is 0 Å². The number of carbonyl (C=O) groups is 1. The summed E-state index contributed by atoms with van der Waals surface area (Å²) in [7, 11) is 0. The highest BCUT2D eigenvalue weighted by Crippen LogP contribution is 2.33. The number of hydrogen-bond donors (Lipinski definition) is 1. The van der Waals surface area contributed by atoms with Crippen LogP contribution in [0.3, 0.4) is 0 Å². The number of aromatic nitrogens is 3. The Morgan fingerprint density at radius 1 is 1.16 bits per heavy atom. The lowest BCUT2D eigenvalue weighted by molar-refractivity contribution is -0.137. The van der Waals surface area contributed by atoms with Crippen LogP contribution in [0.2, 0.25) is 0 Å². The van der Waals surface area contributed by atoms with Gasteiger partial charge in [-0.25, -0.2) is 9.97 Å². The summed E-state index contributed by atoms with van der Waals surface area (Å²) in [5.74, 6) is 1.06. The maximum Gasteiger partial charge on any atom is 0.416 e. The van der Waals surface area contributed by atoms with E-state index in [9.17, 15) is 18.0 Å². The van der Waals surface area contributed by atoms with E-state index >= 15 is 0 Å². The zero-order valence-electron chi connectivity index (χ0n) is 18.2. The molecule has 0 saturated carbocycles. The number of piperidine rings is 1. The second kappa shape index (κ2) is 8.91. The first kappa shape index (κ1) is 22.3. The molecule has 2 aliphatic rings. The van der Waals surface area contributed by atoms with E-state index in [4.69, 9.17) is 0 Å². The van der Waals surface area contributed by atoms with Gasteiger partial charge in [-0.1, -0.05) is 0 Å². The number of likely N-dealkylation sites (tertiary alicyclic amines) is 1. The summed E-state index contributed by atoms with van der Waals surface area (Å²) in [6.45, 7) is 5.86. The minimum Gasteiger partial charge on any atom is -0.354 e. The predicted octanol–water partition coefficient (Wildman–Crippen LogP) is 4.35. The fourth-order valence-corrected chi connectivity index (χ4v) is 4.43. The molecular weight excluding hydrogens is 421 g/mol. The molecule has 0 radical (unpaired) electrons. The zero-order chi connectivity index (χ0) is 22.9. The Balaban J connectivity index is 1.67. The average molecular weight is 448 g/mol. The van der Waals surface area contributed by atoms with E-state index in [1.165, 1.54) is 0 Å². The van der Waals surface area contributed by atoms with Crippen molar-refractivity contribution in [2.75, 3.05) is 29.9 Å². The molecule has 7 nitrogen and oxygen atoms in total. The van der Waals surface area contributed by atoms with Gasteiger partial charge in [-0.3, -0.25) is 4.79 Å². The molecule has 2 aliphatic heterocycles. The molecule has 0 aliphatic carbocycles. The third-order valence-electron chi connectivity index (χ3n) is 6.19. The summed E-state index contributed by atoms with van der Waals surface area (Å²) >= 11 is 0. The molecule has 2 unspecified atom stereocenters. The largest absolute Gasteiger partial charge is 0.416 e. The van der Waals surface area contributed by atoms with Gasteiger partial charge in [0.05, 0.1) is 11.3 Å². The molecule has 172 valence electrons. The van der Waals surface area contributed by atoms with E-state index in [0.29, 0.717) is 12.6 Å². The first-order valence-corrected chi connectivity index (χ1v) is 10.9. The van der Waals surface area contributed by atoms with Gasteiger partial charge in [-0.05, 0) is 44.7 Å². The summed E-state index contributed by atoms with van der Waals surface area (Å²) in [6.07, 6.45) is 0.526. The van der Waals surface area contributed by atoms with Gasteiger partial charge in [0.2, 0.25) is 11.9 Å². The van der Waals surface area contributed by atoms with Crippen LogP contribution in [0.4, 0.5) is 30.8 Å². The van der Waals surface area contributed by atoms with Crippen LogP contribution < -0.4 is 10.2 Å². The van der Waals surface area contributed by atoms with Crippen LogP contribution in [-0.2, 0) is 11.0 Å². The van der Waals surface area contributed by atoms with Crippen molar-refractivity contribution in [3.63, 3.8) is 0 Å². The maximum atomic E-state index is 13.1. The second-order valence-corrected chi connectivity index (χ2v) is 8.52. The average Bonchev–Trinajstić information content (AvgIpc) is 3.19. The Labute approximate surface area is 185 Å². The van der Waals surface area contributed by atoms with Gasteiger partial charge < -0.3 is 15.1 Å². The van der Waals surface area contributed by atoms with Crippen LogP contribution in [0.1, 0.15) is 56.7 Å². The van der Waals surface area contributed by atoms with Gasteiger partial charge in [-0.2, -0.15) is 18.2 Å². The predicted molar refractivity (Wildman–Crippen MR) is 115 cm³/mol. The Kier molecular flexibility index (Phi) is 6.21. The fourth-order valence-electron chi connectivity index (χ4n) is 4.43. The smallest absolute Gasteiger partial charge is 0.354 e. The number of anilines is 3. The number of amides is 1. The van der Waals surface area contributed by atoms with E-state index in [0.717, 1.165) is 68.6 Å². The Morgan fingerprint density at radius 3 is 2.62 bits per heavy atom. The molecule has 2 atom stereocenters. The maximum absolute atomic E-state index is 13.1. The fraction of sp³-hybridized carbons (Fsp3) is 0.545. The van der Waals surface area contributed by atoms with Gasteiger partial charge in [0, 0.05) is 50.8 Å². The van der Waals surface area contributed by atoms with Crippen molar-refractivity contribution in [1.82, 2.24) is 19.9 Å². The molecule has 2 aromatic rings. The Hall–Kier alpha value is -2.91. The van der Waals surface area contributed by atoms with Crippen molar-refractivity contribution in [2.24, 2.45) is 0 Å². The number of halogens is 3. The molecule has 4 rings (SSSR count). The van der Waals surface area contributed by atoms with E-state index in [-0.39, 0.29) is 23.6 Å². The molecule has 2 saturated heterocycles. The second-order valence-electron chi connectivity index (χ2n) is 8.52. The molecule has 1 amide bonds. The first-order chi connectivity index (χ1) is 15.2. The van der Waals surface area contributed by atoms with Crippen LogP contribution in [-0.4, -0.2) is 51.4 Å². The van der Waals surface area contributed by atoms with Crippen LogP contribution in [0.15, 0.2) is 24.4 Å². The topological polar surface area (TPSA) is 74.2 Å². The van der Waals surface area contributed by atoms with Crippen molar-refractivity contribution in [2.45, 2.75) is 57.7 Å². The SMILES string of the molecule is CC(=O)N1CCCC(c2cc(N3CCCC3C)nc(Nc3cc(C(F)(F)F)ccn3)n2)C1. The van der Waals surface area contributed by atoms with Crippen LogP contribution >= 0.6 is 0 Å². The lowest BCUT2D eigenvalue weighted by Gasteiger charge is -2.32. The number of pyridine rings is 1. The summed E-state index contributed by atoms with van der Waals surface area (Å²) in [5.41, 5.74) is -0.00144. The number of rotatable bonds is 4. The minimum atomic E-state index is -4.46. The molecule has 0 aromatic carbocycles. The molecular formula is C22H27F3N6O. The van der Waals surface area contributed by atoms with Crippen molar-refractivity contribution in [1.29, 1.82) is 0 Å². The van der Waals surface area contributed by atoms with Crippen LogP contribution in [0.5, 0.6) is 0 Å². The monoisotopic (exact) mass is 448 g/mol. The molecule has 32 heavy (non-hydrogen) atoms. The minimum absolute atomic E-state index is 0.0312. The number of nitrogens with zero attached hydrogens (tertiary/aromatic N) is 5. The summed E-state index contributed by atoms with van der Waals surface area (Å²) < 4.78 is 39.3. The third-order valence-corrected chi connectivity index (χ3v) is 6.19. The van der Waals surface area contributed by atoms with Crippen molar-refractivity contribution in [3.8, 4) is 0 Å². The summed E-state index contributed by atoms with van der Waals surface area (Å²) in [6, 6.07) is 4.16. The summed E-state index contributed by atoms with van der Waals surface area (Å²) in [5, 5.41) is 2.87. The number of nitrogens with one attached hydrogen (secondary N) is 1. The zero-order valence-corrected chi connectivity index (χ0v) is 18.2. The molecule has 1 N–H and O–H groups in total. The standard InChI is InChI=1S/C22H27F3N6O/c1-14-5-3-10-31(14)20-12-18(16-6-4-9-30(13-16)15(2)32)27-21(29-20)28-19-11-17(7-8-26-19)22(23,24)25/h7-8,11-12,14,16H,3-6,9-10,13H2,1-2H3,(H,26,27,28,29). The van der Waals surface area contributed by atoms with Crippen LogP contribution in [0, 0.1) is 0 Å². The third kappa shape index (κ3) is 4.94. The van der Waals surface area contributed by atoms with Gasteiger partial charge in [0.25, 0.3) is 0 Å². The molecule has 2 aromatic heterocycles. The van der Waals surface area contributed by atoms with Gasteiger partial charge in [0.1, 0.15) is 11.6 Å². The summed E-state index contributed by atoms with van der Waals surface area (Å²) in [4.78, 5) is 29.1. The van der Waals surface area contributed by atoms with Crippen molar-refractivity contribution in [3.05, 3.63) is 35.7 Å². The van der Waals surface area contributed by atoms with E-state index in [2.05, 4.69) is 32.1 Å². The van der Waals surface area contributed by atoms with Gasteiger partial charge >= 0.3 is 6.18 Å². The highest BCUT2D eigenvalue weighted by atomic mass is 19.4. The lowest BCUT2D eigenvalue weighted by Crippen LogP contribution is -2.38. The quantitative estimate of drug-likeness (QED) is 0.750. The van der Waals surface area contributed by atoms with Gasteiger partial charge in [-0.15, -0.1) is 0 Å². The molecule has 10 heteroatoms. The van der Waals surface area contributed by atoms with Crippen molar-refractivity contribution >= 4 is 23.5 Å². The van der Waals surface area contributed by atoms with E-state index < -0.39 is 11.7 Å². The molecule has 0 spiro atoms. The molecule has 4 heterocycles. The number of carbonyl (C=O) groups excluding carboxylic acids is 1. The number of hydrogen-bond acceptors (Lipinski definition) is 6. The Bertz CT molecular complexity index is 982. The molecule has 2 fully saturated rings. The van der Waals surface area contributed by atoms with E-state index in [1.54, 1.807) is 6.92 Å². The van der Waals surface area contributed by atoms with Crippen LogP contribution in [0.25, 0.3) is 0 Å². The van der Waals surface area contributed by atoms with Crippen molar-refractivity contribution < 1.29 is 18.0 Å². The molecule has 0 bridgehead atoms. The highest BCUT2D eigenvalue weighted by molar-refractivity contribution is 5.73. The highest BCUT2D eigenvalue weighted by Gasteiger charge is 2.31. The Morgan fingerprint density at radius 2 is 1.94 bits per heavy atom.